The van der Waals surface area contributed by atoms with Gasteiger partial charge in [-0.2, -0.15) is 0 Å². The minimum atomic E-state index is -0.442. The maximum absolute atomic E-state index is 13.7. The fourth-order valence-corrected chi connectivity index (χ4v) is 7.42. The summed E-state index contributed by atoms with van der Waals surface area (Å²) >= 11 is 0. The van der Waals surface area contributed by atoms with Crippen LogP contribution in [0.25, 0.3) is 17.1 Å². The van der Waals surface area contributed by atoms with Gasteiger partial charge < -0.3 is 0 Å². The summed E-state index contributed by atoms with van der Waals surface area (Å²) in [6.45, 7) is 0. The van der Waals surface area contributed by atoms with Gasteiger partial charge >= 0.3 is 17.1 Å². The standard InChI is InChI=1S/C24H27N3O3/c28-22-25(19-10-13-1-4-16(19)7-13)23(29)27(21-12-15-3-6-18(21)9-15)24(30)26(22)20-11-14-2-5-17(20)8-14/h10-18H,1-9H2. The zero-order valence-electron chi connectivity index (χ0n) is 17.1. The summed E-state index contributed by atoms with van der Waals surface area (Å²) in [5, 5.41) is 0. The molecule has 0 aromatic carbocycles. The van der Waals surface area contributed by atoms with Crippen LogP contribution in [0.5, 0.6) is 0 Å². The Bertz CT molecular complexity index is 1060. The zero-order valence-corrected chi connectivity index (χ0v) is 17.1. The average Bonchev–Trinajstić information content (AvgIpc) is 3.56. The number of hydrogen-bond donors (Lipinski definition) is 0. The smallest absolute Gasteiger partial charge is 0.247 e. The molecule has 156 valence electrons. The quantitative estimate of drug-likeness (QED) is 0.777. The van der Waals surface area contributed by atoms with Gasteiger partial charge in [0.05, 0.1) is 0 Å². The van der Waals surface area contributed by atoms with E-state index in [0.717, 1.165) is 74.9 Å². The highest BCUT2D eigenvalue weighted by molar-refractivity contribution is 5.58. The first-order valence-electron chi connectivity index (χ1n) is 11.8. The Morgan fingerprint density at radius 3 is 1.00 bits per heavy atom. The van der Waals surface area contributed by atoms with Gasteiger partial charge in [0.1, 0.15) is 0 Å². The highest BCUT2D eigenvalue weighted by Crippen LogP contribution is 2.47. The highest BCUT2D eigenvalue weighted by atomic mass is 16.2. The second-order valence-corrected chi connectivity index (χ2v) is 10.4. The minimum Gasteiger partial charge on any atom is -0.247 e. The molecule has 0 saturated heterocycles. The van der Waals surface area contributed by atoms with Crippen molar-refractivity contribution in [3.63, 3.8) is 0 Å². The van der Waals surface area contributed by atoms with Gasteiger partial charge in [-0.1, -0.05) is 18.2 Å². The molecule has 6 unspecified atom stereocenters. The number of rotatable bonds is 3. The van der Waals surface area contributed by atoms with Gasteiger partial charge in [-0.15, -0.1) is 0 Å². The van der Waals surface area contributed by atoms with Crippen LogP contribution >= 0.6 is 0 Å². The average molecular weight is 405 g/mol. The Kier molecular flexibility index (Phi) is 3.38. The van der Waals surface area contributed by atoms with E-state index >= 15 is 0 Å². The molecule has 1 aromatic rings. The fraction of sp³-hybridized carbons (Fsp3) is 0.625. The molecule has 0 aliphatic heterocycles. The van der Waals surface area contributed by atoms with Gasteiger partial charge in [0, 0.05) is 34.8 Å². The van der Waals surface area contributed by atoms with Crippen LogP contribution in [-0.4, -0.2) is 13.7 Å². The van der Waals surface area contributed by atoms with Gasteiger partial charge in [-0.05, 0) is 75.5 Å². The van der Waals surface area contributed by atoms with E-state index in [0.29, 0.717) is 17.8 Å². The Hall–Kier alpha value is -2.37. The first kappa shape index (κ1) is 17.3. The molecule has 6 nitrogen and oxygen atoms in total. The van der Waals surface area contributed by atoms with Gasteiger partial charge in [0.2, 0.25) is 0 Å². The lowest BCUT2D eigenvalue weighted by Gasteiger charge is -2.23. The lowest BCUT2D eigenvalue weighted by molar-refractivity contribution is 0.574. The molecule has 6 aliphatic carbocycles. The molecule has 6 atom stereocenters. The van der Waals surface area contributed by atoms with Gasteiger partial charge in [0.15, 0.2) is 0 Å². The summed E-state index contributed by atoms with van der Waals surface area (Å²) in [6.07, 6.45) is 16.0. The third kappa shape index (κ3) is 2.17. The molecule has 0 radical (unpaired) electrons. The molecule has 1 heterocycles. The molecule has 3 saturated carbocycles. The van der Waals surface area contributed by atoms with Crippen molar-refractivity contribution in [3.05, 3.63) is 49.7 Å². The largest absolute Gasteiger partial charge is 0.345 e. The summed E-state index contributed by atoms with van der Waals surface area (Å²) in [4.78, 5) is 41.0. The molecule has 7 rings (SSSR count). The van der Waals surface area contributed by atoms with Crippen molar-refractivity contribution < 1.29 is 0 Å². The number of hydrogen-bond acceptors (Lipinski definition) is 3. The van der Waals surface area contributed by atoms with Crippen LogP contribution in [0, 0.1) is 35.5 Å². The van der Waals surface area contributed by atoms with Crippen LogP contribution in [0.2, 0.25) is 0 Å². The molecule has 30 heavy (non-hydrogen) atoms. The van der Waals surface area contributed by atoms with Crippen molar-refractivity contribution in [2.75, 3.05) is 0 Å². The summed E-state index contributed by atoms with van der Waals surface area (Å²) in [6, 6.07) is 0. The van der Waals surface area contributed by atoms with E-state index in [2.05, 4.69) is 18.2 Å². The number of nitrogens with zero attached hydrogens (tertiary/aromatic N) is 3. The molecular formula is C24H27N3O3. The Morgan fingerprint density at radius 2 is 0.800 bits per heavy atom. The lowest BCUT2D eigenvalue weighted by atomic mass is 10.0. The number of aromatic nitrogens is 3. The Labute approximate surface area is 174 Å². The molecule has 1 aromatic heterocycles. The predicted molar refractivity (Wildman–Crippen MR) is 115 cm³/mol. The number of fused-ring (bicyclic) bond motifs is 6. The summed E-state index contributed by atoms with van der Waals surface area (Å²) < 4.78 is 4.10. The van der Waals surface area contributed by atoms with E-state index in [1.54, 1.807) is 0 Å². The fourth-order valence-electron chi connectivity index (χ4n) is 7.42. The van der Waals surface area contributed by atoms with Gasteiger partial charge in [0.25, 0.3) is 0 Å². The van der Waals surface area contributed by atoms with Crippen molar-refractivity contribution in [2.24, 2.45) is 35.5 Å². The molecule has 6 heteroatoms. The first-order chi connectivity index (χ1) is 14.6. The van der Waals surface area contributed by atoms with Gasteiger partial charge in [-0.3, -0.25) is 0 Å². The topological polar surface area (TPSA) is 66.0 Å². The Morgan fingerprint density at radius 1 is 0.500 bits per heavy atom. The van der Waals surface area contributed by atoms with E-state index in [9.17, 15) is 14.4 Å². The second-order valence-electron chi connectivity index (χ2n) is 10.4. The predicted octanol–water partition coefficient (Wildman–Crippen LogP) is 2.98. The van der Waals surface area contributed by atoms with E-state index in [1.807, 2.05) is 0 Å². The molecular weight excluding hydrogens is 378 g/mol. The van der Waals surface area contributed by atoms with E-state index < -0.39 is 17.1 Å². The minimum absolute atomic E-state index is 0.266. The molecule has 0 amide bonds. The van der Waals surface area contributed by atoms with E-state index in [-0.39, 0.29) is 17.8 Å². The normalized spacial score (nSPS) is 37.8. The van der Waals surface area contributed by atoms with Crippen LogP contribution in [0.15, 0.2) is 32.6 Å². The van der Waals surface area contributed by atoms with E-state index in [4.69, 9.17) is 0 Å². The molecule has 3 fully saturated rings. The third-order valence-electron chi connectivity index (χ3n) is 8.82. The maximum Gasteiger partial charge on any atom is 0.345 e. The van der Waals surface area contributed by atoms with Crippen molar-refractivity contribution in [1.29, 1.82) is 0 Å². The van der Waals surface area contributed by atoms with Crippen LogP contribution in [0.1, 0.15) is 57.8 Å². The highest BCUT2D eigenvalue weighted by Gasteiger charge is 2.41. The lowest BCUT2D eigenvalue weighted by Crippen LogP contribution is -2.54. The summed E-state index contributed by atoms with van der Waals surface area (Å²) in [5.74, 6) is 2.20. The monoisotopic (exact) mass is 405 g/mol. The molecule has 0 spiro atoms. The number of allylic oxidation sites excluding steroid dienone is 6. The van der Waals surface area contributed by atoms with Crippen molar-refractivity contribution in [3.8, 4) is 0 Å². The summed E-state index contributed by atoms with van der Waals surface area (Å²) in [5.41, 5.74) is 1.21. The Balaban J connectivity index is 1.51. The van der Waals surface area contributed by atoms with Crippen molar-refractivity contribution in [1.82, 2.24) is 13.7 Å². The van der Waals surface area contributed by atoms with Crippen LogP contribution in [0.3, 0.4) is 0 Å². The second kappa shape index (κ2) is 5.86. The SMILES string of the molecule is O=c1n(C2=CC3CCC2C3)c(=O)n(C2=CC3CCC2C3)c(=O)n1C1=CC2CCC1C2. The van der Waals surface area contributed by atoms with E-state index in [1.165, 1.54) is 13.7 Å². The molecule has 6 aliphatic rings. The maximum atomic E-state index is 13.7. The van der Waals surface area contributed by atoms with Gasteiger partial charge in [-0.25, -0.2) is 28.1 Å². The molecule has 0 N–H and O–H groups in total. The third-order valence-corrected chi connectivity index (χ3v) is 8.82. The van der Waals surface area contributed by atoms with Crippen LogP contribution < -0.4 is 17.1 Å². The summed E-state index contributed by atoms with van der Waals surface area (Å²) in [7, 11) is 0. The first-order valence-corrected chi connectivity index (χ1v) is 11.8. The van der Waals surface area contributed by atoms with Crippen LogP contribution in [-0.2, 0) is 0 Å². The molecule has 6 bridgehead atoms. The van der Waals surface area contributed by atoms with Crippen LogP contribution in [0.4, 0.5) is 0 Å². The zero-order chi connectivity index (χ0) is 20.1. The van der Waals surface area contributed by atoms with Crippen molar-refractivity contribution >= 4 is 17.1 Å². The van der Waals surface area contributed by atoms with Crippen molar-refractivity contribution in [2.45, 2.75) is 57.8 Å².